The molecule has 2 aromatic carbocycles. The van der Waals surface area contributed by atoms with Crippen molar-refractivity contribution in [1.29, 1.82) is 0 Å². The molecule has 0 unspecified atom stereocenters. The first-order chi connectivity index (χ1) is 10.6. The zero-order valence-corrected chi connectivity index (χ0v) is 13.3. The molecule has 0 N–H and O–H groups in total. The summed E-state index contributed by atoms with van der Waals surface area (Å²) in [7, 11) is 3.04. The Morgan fingerprint density at radius 1 is 1.05 bits per heavy atom. The van der Waals surface area contributed by atoms with Crippen LogP contribution >= 0.6 is 11.6 Å². The Bertz CT molecular complexity index is 708. The number of oxime groups is 1. The number of methoxy groups -OCH3 is 1. The van der Waals surface area contributed by atoms with Gasteiger partial charge in [-0.25, -0.2) is 0 Å². The Balaban J connectivity index is 2.47. The standard InChI is InChI=1S/C17H16ClNO3/c1-11(19-22-3)15-9-6-13(18)10-16(15)17(20)12-4-7-14(21-2)8-5-12/h4-10H,1-3H3/b19-11-. The Morgan fingerprint density at radius 3 is 2.32 bits per heavy atom. The number of ketones is 1. The van der Waals surface area contributed by atoms with E-state index in [1.165, 1.54) is 7.11 Å². The van der Waals surface area contributed by atoms with Gasteiger partial charge in [0.25, 0.3) is 0 Å². The van der Waals surface area contributed by atoms with Crippen LogP contribution in [0.3, 0.4) is 0 Å². The van der Waals surface area contributed by atoms with Crippen molar-refractivity contribution in [2.24, 2.45) is 5.16 Å². The lowest BCUT2D eigenvalue weighted by Gasteiger charge is -2.09. The summed E-state index contributed by atoms with van der Waals surface area (Å²) in [6, 6.07) is 12.0. The number of hydrogen-bond acceptors (Lipinski definition) is 4. The molecule has 2 rings (SSSR count). The van der Waals surface area contributed by atoms with Gasteiger partial charge in [-0.2, -0.15) is 0 Å². The van der Waals surface area contributed by atoms with Crippen LogP contribution in [-0.4, -0.2) is 25.7 Å². The van der Waals surface area contributed by atoms with Gasteiger partial charge in [0.1, 0.15) is 12.9 Å². The van der Waals surface area contributed by atoms with Gasteiger partial charge < -0.3 is 9.57 Å². The van der Waals surface area contributed by atoms with E-state index in [0.29, 0.717) is 33.2 Å². The number of carbonyl (C=O) groups is 1. The molecule has 22 heavy (non-hydrogen) atoms. The van der Waals surface area contributed by atoms with Gasteiger partial charge in [-0.15, -0.1) is 0 Å². The molecule has 4 nitrogen and oxygen atoms in total. The van der Waals surface area contributed by atoms with Crippen LogP contribution in [0.1, 0.15) is 28.4 Å². The molecule has 0 saturated carbocycles. The van der Waals surface area contributed by atoms with E-state index in [-0.39, 0.29) is 5.78 Å². The van der Waals surface area contributed by atoms with Crippen molar-refractivity contribution in [1.82, 2.24) is 0 Å². The van der Waals surface area contributed by atoms with E-state index in [1.54, 1.807) is 56.5 Å². The van der Waals surface area contributed by atoms with Gasteiger partial charge in [0.2, 0.25) is 0 Å². The lowest BCUT2D eigenvalue weighted by Crippen LogP contribution is -2.09. The van der Waals surface area contributed by atoms with Crippen LogP contribution in [0.4, 0.5) is 0 Å². The predicted molar refractivity (Wildman–Crippen MR) is 87.1 cm³/mol. The van der Waals surface area contributed by atoms with Crippen LogP contribution in [0.25, 0.3) is 0 Å². The van der Waals surface area contributed by atoms with Gasteiger partial charge in [-0.3, -0.25) is 4.79 Å². The minimum absolute atomic E-state index is 0.134. The fourth-order valence-corrected chi connectivity index (χ4v) is 2.28. The highest BCUT2D eigenvalue weighted by Gasteiger charge is 2.16. The van der Waals surface area contributed by atoms with E-state index >= 15 is 0 Å². The van der Waals surface area contributed by atoms with Crippen molar-refractivity contribution < 1.29 is 14.4 Å². The highest BCUT2D eigenvalue weighted by atomic mass is 35.5. The molecule has 0 aliphatic heterocycles. The third kappa shape index (κ3) is 3.46. The molecule has 0 atom stereocenters. The van der Waals surface area contributed by atoms with Gasteiger partial charge in [0.15, 0.2) is 5.78 Å². The van der Waals surface area contributed by atoms with E-state index in [1.807, 2.05) is 0 Å². The first-order valence-electron chi connectivity index (χ1n) is 6.63. The molecule has 0 aromatic heterocycles. The Morgan fingerprint density at radius 2 is 1.73 bits per heavy atom. The fourth-order valence-electron chi connectivity index (χ4n) is 2.10. The van der Waals surface area contributed by atoms with Crippen molar-refractivity contribution in [3.63, 3.8) is 0 Å². The summed E-state index contributed by atoms with van der Waals surface area (Å²) in [6.45, 7) is 1.78. The second kappa shape index (κ2) is 7.09. The molecule has 0 saturated heterocycles. The van der Waals surface area contributed by atoms with E-state index in [4.69, 9.17) is 21.2 Å². The molecule has 0 radical (unpaired) electrons. The molecule has 0 spiro atoms. The third-order valence-corrected chi connectivity index (χ3v) is 3.43. The highest BCUT2D eigenvalue weighted by Crippen LogP contribution is 2.22. The van der Waals surface area contributed by atoms with E-state index in [9.17, 15) is 4.79 Å². The second-order valence-electron chi connectivity index (χ2n) is 4.61. The largest absolute Gasteiger partial charge is 0.497 e. The zero-order valence-electron chi connectivity index (χ0n) is 12.6. The average molecular weight is 318 g/mol. The smallest absolute Gasteiger partial charge is 0.193 e. The summed E-state index contributed by atoms with van der Waals surface area (Å²) >= 11 is 6.03. The summed E-state index contributed by atoms with van der Waals surface area (Å²) in [4.78, 5) is 17.5. The molecule has 114 valence electrons. The molecule has 0 aliphatic carbocycles. The normalized spacial score (nSPS) is 11.2. The number of ether oxygens (including phenoxy) is 1. The molecule has 5 heteroatoms. The lowest BCUT2D eigenvalue weighted by atomic mass is 9.96. The SMILES string of the molecule is CO/N=C(/C)c1ccc(Cl)cc1C(=O)c1ccc(OC)cc1. The van der Waals surface area contributed by atoms with Crippen LogP contribution in [0.15, 0.2) is 47.6 Å². The summed E-state index contributed by atoms with van der Waals surface area (Å²) < 4.78 is 5.10. The summed E-state index contributed by atoms with van der Waals surface area (Å²) in [6.07, 6.45) is 0. The lowest BCUT2D eigenvalue weighted by molar-refractivity contribution is 0.103. The highest BCUT2D eigenvalue weighted by molar-refractivity contribution is 6.31. The van der Waals surface area contributed by atoms with Crippen molar-refractivity contribution in [3.05, 3.63) is 64.2 Å². The number of rotatable bonds is 5. The number of nitrogens with zero attached hydrogens (tertiary/aromatic N) is 1. The molecule has 0 fully saturated rings. The molecular weight excluding hydrogens is 302 g/mol. The molecule has 2 aromatic rings. The third-order valence-electron chi connectivity index (χ3n) is 3.20. The van der Waals surface area contributed by atoms with Crippen molar-refractivity contribution in [3.8, 4) is 5.75 Å². The van der Waals surface area contributed by atoms with Crippen LogP contribution in [0.2, 0.25) is 5.02 Å². The van der Waals surface area contributed by atoms with Gasteiger partial charge in [0, 0.05) is 21.7 Å². The molecule has 0 bridgehead atoms. The molecule has 0 aliphatic rings. The van der Waals surface area contributed by atoms with Gasteiger partial charge in [-0.05, 0) is 43.3 Å². The first-order valence-corrected chi connectivity index (χ1v) is 7.01. The van der Waals surface area contributed by atoms with Crippen molar-refractivity contribution >= 4 is 23.1 Å². The summed E-state index contributed by atoms with van der Waals surface area (Å²) in [5.74, 6) is 0.561. The Hall–Kier alpha value is -2.33. The van der Waals surface area contributed by atoms with Gasteiger partial charge >= 0.3 is 0 Å². The van der Waals surface area contributed by atoms with E-state index in [0.717, 1.165) is 0 Å². The number of hydrogen-bond donors (Lipinski definition) is 0. The number of benzene rings is 2. The quantitative estimate of drug-likeness (QED) is 0.476. The zero-order chi connectivity index (χ0) is 16.1. The van der Waals surface area contributed by atoms with E-state index in [2.05, 4.69) is 5.16 Å². The maximum Gasteiger partial charge on any atom is 0.193 e. The topological polar surface area (TPSA) is 47.9 Å². The fraction of sp³-hybridized carbons (Fsp3) is 0.176. The molecular formula is C17H16ClNO3. The van der Waals surface area contributed by atoms with Crippen molar-refractivity contribution in [2.75, 3.05) is 14.2 Å². The monoisotopic (exact) mass is 317 g/mol. The molecule has 0 amide bonds. The maximum atomic E-state index is 12.7. The Kier molecular flexibility index (Phi) is 5.17. The second-order valence-corrected chi connectivity index (χ2v) is 5.04. The van der Waals surface area contributed by atoms with Crippen LogP contribution in [0, 0.1) is 0 Å². The average Bonchev–Trinajstić information content (AvgIpc) is 2.54. The van der Waals surface area contributed by atoms with Crippen molar-refractivity contribution in [2.45, 2.75) is 6.92 Å². The van der Waals surface area contributed by atoms with Crippen LogP contribution in [0.5, 0.6) is 5.75 Å². The predicted octanol–water partition coefficient (Wildman–Crippen LogP) is 3.95. The number of carbonyl (C=O) groups excluding carboxylic acids is 1. The van der Waals surface area contributed by atoms with Crippen LogP contribution < -0.4 is 4.74 Å². The minimum atomic E-state index is -0.134. The maximum absolute atomic E-state index is 12.7. The van der Waals surface area contributed by atoms with E-state index < -0.39 is 0 Å². The Labute approximate surface area is 134 Å². The van der Waals surface area contributed by atoms with Gasteiger partial charge in [0.05, 0.1) is 12.8 Å². The first kappa shape index (κ1) is 16.0. The van der Waals surface area contributed by atoms with Crippen LogP contribution in [-0.2, 0) is 4.84 Å². The number of halogens is 1. The van der Waals surface area contributed by atoms with Gasteiger partial charge in [-0.1, -0.05) is 22.8 Å². The molecule has 0 heterocycles. The minimum Gasteiger partial charge on any atom is -0.497 e. The summed E-state index contributed by atoms with van der Waals surface area (Å²) in [5, 5.41) is 4.38. The summed E-state index contributed by atoms with van der Waals surface area (Å²) in [5.41, 5.74) is 2.33.